The maximum atomic E-state index is 11.9. The van der Waals surface area contributed by atoms with Gasteiger partial charge in [0.05, 0.1) is 29.3 Å². The number of hydrogen-bond donors (Lipinski definition) is 0. The van der Waals surface area contributed by atoms with Gasteiger partial charge in [-0.15, -0.1) is 0 Å². The van der Waals surface area contributed by atoms with E-state index in [-0.39, 0.29) is 11.6 Å². The van der Waals surface area contributed by atoms with Crippen molar-refractivity contribution >= 4 is 16.9 Å². The SMILES string of the molecule is Cc1nc2ccccc2nc1N1CCCC1Cn1ncccc1=O. The van der Waals surface area contributed by atoms with Crippen molar-refractivity contribution in [1.29, 1.82) is 0 Å². The van der Waals surface area contributed by atoms with Crippen LogP contribution in [0.1, 0.15) is 18.5 Å². The van der Waals surface area contributed by atoms with E-state index in [1.807, 2.05) is 31.2 Å². The zero-order chi connectivity index (χ0) is 16.5. The first kappa shape index (κ1) is 14.8. The number of benzene rings is 1. The van der Waals surface area contributed by atoms with Crippen LogP contribution in [0, 0.1) is 6.92 Å². The first-order valence-electron chi connectivity index (χ1n) is 8.24. The van der Waals surface area contributed by atoms with Crippen LogP contribution in [0.25, 0.3) is 11.0 Å². The molecule has 1 fully saturated rings. The molecule has 6 heteroatoms. The van der Waals surface area contributed by atoms with Gasteiger partial charge in [-0.25, -0.2) is 14.6 Å². The van der Waals surface area contributed by atoms with E-state index in [0.29, 0.717) is 6.54 Å². The van der Waals surface area contributed by atoms with Crippen molar-refractivity contribution in [1.82, 2.24) is 19.7 Å². The van der Waals surface area contributed by atoms with E-state index in [2.05, 4.69) is 10.00 Å². The van der Waals surface area contributed by atoms with Gasteiger partial charge in [0.2, 0.25) is 0 Å². The Labute approximate surface area is 139 Å². The van der Waals surface area contributed by atoms with Crippen LogP contribution in [0.3, 0.4) is 0 Å². The fourth-order valence-corrected chi connectivity index (χ4v) is 3.38. The highest BCUT2D eigenvalue weighted by Crippen LogP contribution is 2.28. The van der Waals surface area contributed by atoms with E-state index in [4.69, 9.17) is 9.97 Å². The number of para-hydroxylation sites is 2. The van der Waals surface area contributed by atoms with Crippen molar-refractivity contribution in [2.45, 2.75) is 32.4 Å². The van der Waals surface area contributed by atoms with Gasteiger partial charge in [-0.2, -0.15) is 5.10 Å². The molecular formula is C18H19N5O. The molecule has 0 amide bonds. The average molecular weight is 321 g/mol. The molecule has 3 aromatic rings. The van der Waals surface area contributed by atoms with Crippen molar-refractivity contribution in [2.24, 2.45) is 0 Å². The molecule has 122 valence electrons. The zero-order valence-electron chi connectivity index (χ0n) is 13.6. The molecule has 1 aliphatic rings. The monoisotopic (exact) mass is 321 g/mol. The Bertz CT molecular complexity index is 936. The lowest BCUT2D eigenvalue weighted by molar-refractivity contribution is 0.486. The summed E-state index contributed by atoms with van der Waals surface area (Å²) in [6.45, 7) is 3.50. The summed E-state index contributed by atoms with van der Waals surface area (Å²) in [6.07, 6.45) is 3.76. The lowest BCUT2D eigenvalue weighted by atomic mass is 10.2. The molecule has 3 heterocycles. The topological polar surface area (TPSA) is 63.9 Å². The highest BCUT2D eigenvalue weighted by molar-refractivity contribution is 5.76. The summed E-state index contributed by atoms with van der Waals surface area (Å²) in [7, 11) is 0. The van der Waals surface area contributed by atoms with E-state index >= 15 is 0 Å². The first-order chi connectivity index (χ1) is 11.7. The van der Waals surface area contributed by atoms with Gasteiger partial charge in [-0.1, -0.05) is 12.1 Å². The van der Waals surface area contributed by atoms with Crippen LogP contribution in [0.5, 0.6) is 0 Å². The number of nitrogens with zero attached hydrogens (tertiary/aromatic N) is 5. The lowest BCUT2D eigenvalue weighted by Crippen LogP contribution is -2.37. The third-order valence-electron chi connectivity index (χ3n) is 4.54. The van der Waals surface area contributed by atoms with Crippen molar-refractivity contribution in [2.75, 3.05) is 11.4 Å². The van der Waals surface area contributed by atoms with Crippen molar-refractivity contribution < 1.29 is 0 Å². The summed E-state index contributed by atoms with van der Waals surface area (Å²) >= 11 is 0. The summed E-state index contributed by atoms with van der Waals surface area (Å²) in [5.74, 6) is 0.917. The number of fused-ring (bicyclic) bond motifs is 1. The number of rotatable bonds is 3. The van der Waals surface area contributed by atoms with Gasteiger partial charge in [-0.3, -0.25) is 4.79 Å². The van der Waals surface area contributed by atoms with E-state index in [1.165, 1.54) is 4.68 Å². The molecule has 0 spiro atoms. The summed E-state index contributed by atoms with van der Waals surface area (Å²) in [5, 5.41) is 4.18. The minimum Gasteiger partial charge on any atom is -0.350 e. The highest BCUT2D eigenvalue weighted by atomic mass is 16.1. The molecule has 1 unspecified atom stereocenters. The minimum atomic E-state index is -0.0642. The Morgan fingerprint density at radius 2 is 1.92 bits per heavy atom. The number of aryl methyl sites for hydroxylation is 1. The largest absolute Gasteiger partial charge is 0.350 e. The van der Waals surface area contributed by atoms with Crippen LogP contribution >= 0.6 is 0 Å². The van der Waals surface area contributed by atoms with Gasteiger partial charge in [0.1, 0.15) is 0 Å². The Morgan fingerprint density at radius 3 is 2.71 bits per heavy atom. The summed E-state index contributed by atoms with van der Waals surface area (Å²) < 4.78 is 1.53. The summed E-state index contributed by atoms with van der Waals surface area (Å²) in [5.41, 5.74) is 2.67. The average Bonchev–Trinajstić information content (AvgIpc) is 3.04. The van der Waals surface area contributed by atoms with Crippen molar-refractivity contribution in [3.63, 3.8) is 0 Å². The molecular weight excluding hydrogens is 302 g/mol. The smallest absolute Gasteiger partial charge is 0.266 e. The number of anilines is 1. The Hall–Kier alpha value is -2.76. The van der Waals surface area contributed by atoms with Crippen LogP contribution in [-0.2, 0) is 6.54 Å². The molecule has 0 saturated carbocycles. The molecule has 4 rings (SSSR count). The summed E-state index contributed by atoms with van der Waals surface area (Å²) in [6, 6.07) is 11.4. The lowest BCUT2D eigenvalue weighted by Gasteiger charge is -2.27. The van der Waals surface area contributed by atoms with E-state index < -0.39 is 0 Å². The standard InChI is InChI=1S/C18H19N5O/c1-13-18(21-16-8-3-2-7-15(16)20-13)22-11-5-6-14(22)12-23-17(24)9-4-10-19-23/h2-4,7-10,14H,5-6,11-12H2,1H3. The maximum absolute atomic E-state index is 11.9. The van der Waals surface area contributed by atoms with Crippen LogP contribution < -0.4 is 10.5 Å². The fraction of sp³-hybridized carbons (Fsp3) is 0.333. The Kier molecular flexibility index (Phi) is 3.72. The van der Waals surface area contributed by atoms with Crippen LogP contribution in [-0.4, -0.2) is 32.3 Å². The van der Waals surface area contributed by atoms with Gasteiger partial charge in [0, 0.05) is 18.8 Å². The molecule has 1 atom stereocenters. The van der Waals surface area contributed by atoms with E-state index in [1.54, 1.807) is 18.3 Å². The normalized spacial score (nSPS) is 17.5. The van der Waals surface area contributed by atoms with Gasteiger partial charge < -0.3 is 4.90 Å². The van der Waals surface area contributed by atoms with Crippen LogP contribution in [0.15, 0.2) is 47.4 Å². The summed E-state index contributed by atoms with van der Waals surface area (Å²) in [4.78, 5) is 23.7. The van der Waals surface area contributed by atoms with Crippen LogP contribution in [0.4, 0.5) is 5.82 Å². The van der Waals surface area contributed by atoms with Gasteiger partial charge in [0.25, 0.3) is 5.56 Å². The van der Waals surface area contributed by atoms with Crippen molar-refractivity contribution in [3.8, 4) is 0 Å². The van der Waals surface area contributed by atoms with Crippen molar-refractivity contribution in [3.05, 3.63) is 58.6 Å². The third kappa shape index (κ3) is 2.64. The molecule has 24 heavy (non-hydrogen) atoms. The molecule has 0 bridgehead atoms. The number of hydrogen-bond acceptors (Lipinski definition) is 5. The zero-order valence-corrected chi connectivity index (χ0v) is 13.6. The molecule has 2 aromatic heterocycles. The van der Waals surface area contributed by atoms with Gasteiger partial charge >= 0.3 is 0 Å². The Balaban J connectivity index is 1.69. The molecule has 0 aliphatic carbocycles. The van der Waals surface area contributed by atoms with E-state index in [0.717, 1.165) is 41.9 Å². The fourth-order valence-electron chi connectivity index (χ4n) is 3.38. The minimum absolute atomic E-state index is 0.0642. The van der Waals surface area contributed by atoms with E-state index in [9.17, 15) is 4.79 Å². The second kappa shape index (κ2) is 6.03. The molecule has 6 nitrogen and oxygen atoms in total. The molecule has 0 radical (unpaired) electrons. The third-order valence-corrected chi connectivity index (χ3v) is 4.54. The first-order valence-corrected chi connectivity index (χ1v) is 8.24. The number of aromatic nitrogens is 4. The quantitative estimate of drug-likeness (QED) is 0.740. The maximum Gasteiger partial charge on any atom is 0.266 e. The second-order valence-corrected chi connectivity index (χ2v) is 6.15. The molecule has 0 N–H and O–H groups in total. The molecule has 1 aliphatic heterocycles. The molecule has 1 aromatic carbocycles. The van der Waals surface area contributed by atoms with Crippen LogP contribution in [0.2, 0.25) is 0 Å². The predicted molar refractivity (Wildman–Crippen MR) is 93.1 cm³/mol. The molecule has 1 saturated heterocycles. The highest BCUT2D eigenvalue weighted by Gasteiger charge is 2.28. The second-order valence-electron chi connectivity index (χ2n) is 6.15. The van der Waals surface area contributed by atoms with Gasteiger partial charge in [0.15, 0.2) is 5.82 Å². The predicted octanol–water partition coefficient (Wildman–Crippen LogP) is 2.16. The van der Waals surface area contributed by atoms with Gasteiger partial charge in [-0.05, 0) is 38.0 Å². The Morgan fingerprint density at radius 1 is 1.12 bits per heavy atom.